The molecule has 148 valence electrons. The zero-order chi connectivity index (χ0) is 20.6. The molecule has 3 aromatic rings. The van der Waals surface area contributed by atoms with Crippen LogP contribution in [0.25, 0.3) is 10.2 Å². The van der Waals surface area contributed by atoms with Crippen molar-refractivity contribution in [1.82, 2.24) is 4.57 Å². The summed E-state index contributed by atoms with van der Waals surface area (Å²) in [4.78, 5) is 24.3. The van der Waals surface area contributed by atoms with Gasteiger partial charge in [0.15, 0.2) is 0 Å². The van der Waals surface area contributed by atoms with Crippen molar-refractivity contribution in [2.24, 2.45) is 7.05 Å². The van der Waals surface area contributed by atoms with Crippen molar-refractivity contribution in [2.75, 3.05) is 15.9 Å². The fourth-order valence-electron chi connectivity index (χ4n) is 2.88. The maximum atomic E-state index is 13.6. The van der Waals surface area contributed by atoms with E-state index < -0.39 is 27.8 Å². The molecule has 0 saturated heterocycles. The van der Waals surface area contributed by atoms with Crippen molar-refractivity contribution < 1.29 is 17.6 Å². The van der Waals surface area contributed by atoms with Crippen LogP contribution in [0, 0.1) is 5.82 Å². The average Bonchev–Trinajstić information content (AvgIpc) is 2.87. The fraction of sp³-hybridized carbons (Fsp3) is 0.222. The second kappa shape index (κ2) is 7.36. The summed E-state index contributed by atoms with van der Waals surface area (Å²) in [6.45, 7) is 1.42. The van der Waals surface area contributed by atoms with Crippen molar-refractivity contribution in [3.8, 4) is 0 Å². The minimum atomic E-state index is -3.84. The third-order valence-corrected chi connectivity index (χ3v) is 6.45. The monoisotopic (exact) mass is 423 g/mol. The van der Waals surface area contributed by atoms with Gasteiger partial charge in [-0.05, 0) is 43.3 Å². The largest absolute Gasteiger partial charge is 0.324 e. The highest BCUT2D eigenvalue weighted by molar-refractivity contribution is 7.92. The molecular weight excluding hydrogens is 405 g/mol. The van der Waals surface area contributed by atoms with Crippen molar-refractivity contribution in [3.05, 3.63) is 57.9 Å². The number of thiazole rings is 1. The third kappa shape index (κ3) is 3.92. The molecule has 0 saturated carbocycles. The summed E-state index contributed by atoms with van der Waals surface area (Å²) in [6, 6.07) is 8.90. The minimum absolute atomic E-state index is 0.0573. The Morgan fingerprint density at radius 2 is 1.96 bits per heavy atom. The van der Waals surface area contributed by atoms with E-state index in [-0.39, 0.29) is 10.6 Å². The Labute approximate surface area is 165 Å². The molecule has 0 spiro atoms. The molecular formula is C18H18FN3O4S2. The molecule has 28 heavy (non-hydrogen) atoms. The highest BCUT2D eigenvalue weighted by atomic mass is 32.2. The van der Waals surface area contributed by atoms with Crippen LogP contribution in [0.4, 0.5) is 15.8 Å². The predicted molar refractivity (Wildman–Crippen MR) is 109 cm³/mol. The molecule has 1 amide bonds. The lowest BCUT2D eigenvalue weighted by Gasteiger charge is -2.28. The number of aromatic nitrogens is 1. The summed E-state index contributed by atoms with van der Waals surface area (Å²) in [5, 5.41) is 2.66. The summed E-state index contributed by atoms with van der Waals surface area (Å²) in [6.07, 6.45) is 0.954. The predicted octanol–water partition coefficient (Wildman–Crippen LogP) is 2.53. The van der Waals surface area contributed by atoms with Crippen molar-refractivity contribution in [2.45, 2.75) is 13.0 Å². The maximum Gasteiger partial charge on any atom is 0.307 e. The van der Waals surface area contributed by atoms with Crippen molar-refractivity contribution in [1.29, 1.82) is 0 Å². The van der Waals surface area contributed by atoms with Gasteiger partial charge in [-0.2, -0.15) is 0 Å². The first-order valence-corrected chi connectivity index (χ1v) is 10.9. The number of sulfonamides is 1. The van der Waals surface area contributed by atoms with Crippen LogP contribution in [0.15, 0.2) is 47.3 Å². The number of rotatable bonds is 5. The topological polar surface area (TPSA) is 88.5 Å². The molecule has 1 heterocycles. The van der Waals surface area contributed by atoms with Gasteiger partial charge in [0.25, 0.3) is 0 Å². The van der Waals surface area contributed by atoms with Gasteiger partial charge in [-0.15, -0.1) is 0 Å². The molecule has 0 aliphatic rings. The molecule has 1 aromatic heterocycles. The zero-order valence-electron chi connectivity index (χ0n) is 15.3. The van der Waals surface area contributed by atoms with E-state index in [0.29, 0.717) is 10.4 Å². The summed E-state index contributed by atoms with van der Waals surface area (Å²) in [7, 11) is -2.19. The van der Waals surface area contributed by atoms with Gasteiger partial charge in [-0.25, -0.2) is 12.8 Å². The number of benzene rings is 2. The van der Waals surface area contributed by atoms with Crippen LogP contribution >= 0.6 is 11.3 Å². The number of fused-ring (bicyclic) bond motifs is 1. The Kier molecular flexibility index (Phi) is 5.26. The first-order valence-electron chi connectivity index (χ1n) is 8.23. The summed E-state index contributed by atoms with van der Waals surface area (Å²) >= 11 is 1.05. The molecule has 0 radical (unpaired) electrons. The molecule has 0 aliphatic carbocycles. The molecule has 0 aliphatic heterocycles. The lowest BCUT2D eigenvalue weighted by atomic mass is 10.2. The van der Waals surface area contributed by atoms with Gasteiger partial charge in [-0.1, -0.05) is 17.4 Å². The van der Waals surface area contributed by atoms with Crippen LogP contribution in [-0.2, 0) is 21.9 Å². The molecule has 1 atom stereocenters. The van der Waals surface area contributed by atoms with Gasteiger partial charge in [0.05, 0.1) is 22.2 Å². The van der Waals surface area contributed by atoms with Crippen LogP contribution in [0.3, 0.4) is 0 Å². The number of aryl methyl sites for hydroxylation is 1. The smallest absolute Gasteiger partial charge is 0.307 e. The number of amides is 1. The molecule has 3 rings (SSSR count). The van der Waals surface area contributed by atoms with Gasteiger partial charge < -0.3 is 9.88 Å². The molecule has 10 heteroatoms. The van der Waals surface area contributed by atoms with E-state index in [1.807, 2.05) is 0 Å². The van der Waals surface area contributed by atoms with E-state index in [9.17, 15) is 22.4 Å². The molecule has 0 fully saturated rings. The highest BCUT2D eigenvalue weighted by Gasteiger charge is 2.29. The first-order chi connectivity index (χ1) is 13.1. The molecule has 2 aromatic carbocycles. The van der Waals surface area contributed by atoms with Crippen molar-refractivity contribution >= 4 is 48.9 Å². The SMILES string of the molecule is C[C@@H](C(=O)Nc1ccc2c(c1)sc(=O)n2C)N(c1cccc(F)c1)S(C)(=O)=O. The van der Waals surface area contributed by atoms with Crippen LogP contribution in [0.2, 0.25) is 0 Å². The van der Waals surface area contributed by atoms with E-state index in [0.717, 1.165) is 33.5 Å². The highest BCUT2D eigenvalue weighted by Crippen LogP contribution is 2.24. The standard InChI is InChI=1S/C18H18FN3O4S2/c1-11(22(28(3,25)26)14-6-4-5-12(19)9-14)17(23)20-13-7-8-15-16(10-13)27-18(24)21(15)2/h4-11H,1-3H3,(H,20,23)/t11-/m0/s1. The molecule has 7 nitrogen and oxygen atoms in total. The van der Waals surface area contributed by atoms with E-state index >= 15 is 0 Å². The van der Waals surface area contributed by atoms with E-state index in [1.54, 1.807) is 25.2 Å². The van der Waals surface area contributed by atoms with Gasteiger partial charge in [0.1, 0.15) is 11.9 Å². The van der Waals surface area contributed by atoms with Crippen LogP contribution in [0.5, 0.6) is 0 Å². The van der Waals surface area contributed by atoms with Crippen LogP contribution in [0.1, 0.15) is 6.92 Å². The summed E-state index contributed by atoms with van der Waals surface area (Å²) in [5.41, 5.74) is 1.22. The van der Waals surface area contributed by atoms with Gasteiger partial charge in [-0.3, -0.25) is 13.9 Å². The maximum absolute atomic E-state index is 13.6. The van der Waals surface area contributed by atoms with Gasteiger partial charge >= 0.3 is 4.87 Å². The second-order valence-corrected chi connectivity index (χ2v) is 9.17. The number of nitrogens with zero attached hydrogens (tertiary/aromatic N) is 2. The lowest BCUT2D eigenvalue weighted by Crippen LogP contribution is -2.45. The second-order valence-electron chi connectivity index (χ2n) is 6.31. The van der Waals surface area contributed by atoms with Crippen molar-refractivity contribution in [3.63, 3.8) is 0 Å². The number of carbonyl (C=O) groups excluding carboxylic acids is 1. The van der Waals surface area contributed by atoms with E-state index in [1.165, 1.54) is 29.7 Å². The number of carbonyl (C=O) groups is 1. The number of nitrogens with one attached hydrogen (secondary N) is 1. The lowest BCUT2D eigenvalue weighted by molar-refractivity contribution is -0.116. The van der Waals surface area contributed by atoms with Gasteiger partial charge in [0.2, 0.25) is 15.9 Å². The third-order valence-electron chi connectivity index (χ3n) is 4.21. The van der Waals surface area contributed by atoms with Crippen LogP contribution in [-0.4, -0.2) is 31.2 Å². The number of hydrogen-bond donors (Lipinski definition) is 1. The molecule has 0 bridgehead atoms. The Morgan fingerprint density at radius 3 is 2.61 bits per heavy atom. The Balaban J connectivity index is 1.90. The Bertz CT molecular complexity index is 1220. The molecule has 1 N–H and O–H groups in total. The Morgan fingerprint density at radius 1 is 1.25 bits per heavy atom. The molecule has 0 unspecified atom stereocenters. The summed E-state index contributed by atoms with van der Waals surface area (Å²) in [5.74, 6) is -1.19. The quantitative estimate of drug-likeness (QED) is 0.683. The Hall–Kier alpha value is -2.72. The first kappa shape index (κ1) is 20.0. The summed E-state index contributed by atoms with van der Waals surface area (Å²) < 4.78 is 41.1. The van der Waals surface area contributed by atoms with E-state index in [2.05, 4.69) is 5.32 Å². The normalized spacial score (nSPS) is 12.7. The fourth-order valence-corrected chi connectivity index (χ4v) is 4.97. The van der Waals surface area contributed by atoms with Gasteiger partial charge in [0, 0.05) is 12.7 Å². The van der Waals surface area contributed by atoms with E-state index in [4.69, 9.17) is 0 Å². The minimum Gasteiger partial charge on any atom is -0.324 e. The zero-order valence-corrected chi connectivity index (χ0v) is 17.0. The number of halogens is 1. The van der Waals surface area contributed by atoms with Crippen LogP contribution < -0.4 is 14.5 Å². The average molecular weight is 423 g/mol. The number of anilines is 2. The number of hydrogen-bond acceptors (Lipinski definition) is 5.